The summed E-state index contributed by atoms with van der Waals surface area (Å²) < 4.78 is 10.7. The zero-order chi connectivity index (χ0) is 14.5. The highest BCUT2D eigenvalue weighted by molar-refractivity contribution is 5.81. The first-order chi connectivity index (χ1) is 9.60. The number of aliphatic hydroxyl groups excluding tert-OH is 1. The summed E-state index contributed by atoms with van der Waals surface area (Å²) in [4.78, 5) is 13.9. The van der Waals surface area contributed by atoms with Crippen LogP contribution in [0.2, 0.25) is 0 Å². The predicted octanol–water partition coefficient (Wildman–Crippen LogP) is 1.45. The smallest absolute Gasteiger partial charge is 0.263 e. The maximum Gasteiger partial charge on any atom is 0.263 e. The number of hydrogen-bond acceptors (Lipinski definition) is 4. The molecule has 1 aromatic carbocycles. The lowest BCUT2D eigenvalue weighted by Crippen LogP contribution is -2.47. The Kier molecular flexibility index (Phi) is 4.84. The van der Waals surface area contributed by atoms with E-state index in [1.54, 1.807) is 43.2 Å². The number of amides is 1. The van der Waals surface area contributed by atoms with Gasteiger partial charge < -0.3 is 19.5 Å². The number of benzene rings is 1. The van der Waals surface area contributed by atoms with Gasteiger partial charge in [0.2, 0.25) is 0 Å². The first kappa shape index (κ1) is 14.7. The minimum atomic E-state index is -0.561. The van der Waals surface area contributed by atoms with Gasteiger partial charge in [-0.2, -0.15) is 0 Å². The summed E-state index contributed by atoms with van der Waals surface area (Å²) in [6.07, 6.45) is 0.620. The van der Waals surface area contributed by atoms with Gasteiger partial charge in [0, 0.05) is 13.1 Å². The Labute approximate surface area is 119 Å². The number of piperidine rings is 1. The number of ether oxygens (including phenoxy) is 2. The van der Waals surface area contributed by atoms with E-state index in [4.69, 9.17) is 9.47 Å². The topological polar surface area (TPSA) is 59.0 Å². The highest BCUT2D eigenvalue weighted by Crippen LogP contribution is 2.19. The molecular weight excluding hydrogens is 258 g/mol. The van der Waals surface area contributed by atoms with Gasteiger partial charge >= 0.3 is 0 Å². The fourth-order valence-corrected chi connectivity index (χ4v) is 2.32. The molecule has 0 spiro atoms. The minimum Gasteiger partial charge on any atom is -0.497 e. The molecule has 1 N–H and O–H groups in total. The molecule has 1 aliphatic rings. The van der Waals surface area contributed by atoms with Crippen molar-refractivity contribution in [3.63, 3.8) is 0 Å². The first-order valence-corrected chi connectivity index (χ1v) is 6.87. The summed E-state index contributed by atoms with van der Waals surface area (Å²) in [5.74, 6) is 1.29. The van der Waals surface area contributed by atoms with Crippen LogP contribution in [0.15, 0.2) is 24.3 Å². The van der Waals surface area contributed by atoms with E-state index in [0.29, 0.717) is 18.8 Å². The predicted molar refractivity (Wildman–Crippen MR) is 74.9 cm³/mol. The van der Waals surface area contributed by atoms with Gasteiger partial charge in [0.25, 0.3) is 5.91 Å². The third kappa shape index (κ3) is 3.63. The van der Waals surface area contributed by atoms with Crippen LogP contribution in [0.5, 0.6) is 11.5 Å². The molecule has 2 atom stereocenters. The van der Waals surface area contributed by atoms with Crippen LogP contribution in [0.3, 0.4) is 0 Å². The van der Waals surface area contributed by atoms with Gasteiger partial charge in [0.15, 0.2) is 6.10 Å². The van der Waals surface area contributed by atoms with Gasteiger partial charge in [-0.1, -0.05) is 0 Å². The lowest BCUT2D eigenvalue weighted by molar-refractivity contribution is -0.141. The van der Waals surface area contributed by atoms with Crippen LogP contribution >= 0.6 is 0 Å². The Morgan fingerprint density at radius 2 is 2.00 bits per heavy atom. The van der Waals surface area contributed by atoms with Crippen LogP contribution in [-0.4, -0.2) is 48.3 Å². The molecule has 20 heavy (non-hydrogen) atoms. The van der Waals surface area contributed by atoms with Crippen molar-refractivity contribution in [2.75, 3.05) is 20.2 Å². The van der Waals surface area contributed by atoms with E-state index in [-0.39, 0.29) is 5.91 Å². The average molecular weight is 279 g/mol. The Bertz CT molecular complexity index is 446. The molecule has 1 heterocycles. The highest BCUT2D eigenvalue weighted by Gasteiger charge is 2.26. The molecule has 5 heteroatoms. The van der Waals surface area contributed by atoms with Gasteiger partial charge in [0.05, 0.1) is 13.2 Å². The van der Waals surface area contributed by atoms with Crippen LogP contribution in [0, 0.1) is 0 Å². The third-order valence-corrected chi connectivity index (χ3v) is 3.43. The normalized spacial score (nSPS) is 20.4. The summed E-state index contributed by atoms with van der Waals surface area (Å²) in [6, 6.07) is 7.12. The molecule has 2 rings (SSSR count). The minimum absolute atomic E-state index is 0.0837. The Hall–Kier alpha value is -1.75. The maximum atomic E-state index is 12.2. The lowest BCUT2D eigenvalue weighted by atomic mass is 10.1. The van der Waals surface area contributed by atoms with Crippen LogP contribution in [0.4, 0.5) is 0 Å². The number of methoxy groups -OCH3 is 1. The van der Waals surface area contributed by atoms with E-state index >= 15 is 0 Å². The van der Waals surface area contributed by atoms with Crippen LogP contribution in [0.1, 0.15) is 19.8 Å². The molecule has 110 valence electrons. The molecule has 5 nitrogen and oxygen atoms in total. The molecule has 0 aliphatic carbocycles. The molecule has 1 aliphatic heterocycles. The SMILES string of the molecule is COc1ccc(OC(C)C(=O)N2CCCC(O)C2)cc1. The molecule has 0 bridgehead atoms. The number of aliphatic hydroxyl groups is 1. The van der Waals surface area contributed by atoms with E-state index in [1.165, 1.54) is 0 Å². The van der Waals surface area contributed by atoms with Crippen molar-refractivity contribution in [1.29, 1.82) is 0 Å². The number of rotatable bonds is 4. The number of β-amino-alcohol motifs (C(OH)–C–C–N with tert-alkyl or cyclic N) is 1. The molecule has 2 unspecified atom stereocenters. The fraction of sp³-hybridized carbons (Fsp3) is 0.533. The van der Waals surface area contributed by atoms with Gasteiger partial charge in [-0.25, -0.2) is 0 Å². The number of carbonyl (C=O) groups is 1. The monoisotopic (exact) mass is 279 g/mol. The third-order valence-electron chi connectivity index (χ3n) is 3.43. The molecule has 0 saturated carbocycles. The number of carbonyl (C=O) groups excluding carboxylic acids is 1. The van der Waals surface area contributed by atoms with E-state index in [9.17, 15) is 9.90 Å². The van der Waals surface area contributed by atoms with E-state index < -0.39 is 12.2 Å². The quantitative estimate of drug-likeness (QED) is 0.906. The number of likely N-dealkylation sites (tertiary alicyclic amines) is 1. The zero-order valence-electron chi connectivity index (χ0n) is 11.9. The fourth-order valence-electron chi connectivity index (χ4n) is 2.32. The van der Waals surface area contributed by atoms with Crippen LogP contribution in [0.25, 0.3) is 0 Å². The van der Waals surface area contributed by atoms with E-state index in [2.05, 4.69) is 0 Å². The van der Waals surface area contributed by atoms with Crippen LogP contribution < -0.4 is 9.47 Å². The molecule has 1 amide bonds. The summed E-state index contributed by atoms with van der Waals surface area (Å²) in [5.41, 5.74) is 0. The highest BCUT2D eigenvalue weighted by atomic mass is 16.5. The lowest BCUT2D eigenvalue weighted by Gasteiger charge is -2.32. The summed E-state index contributed by atoms with van der Waals surface area (Å²) in [7, 11) is 1.60. The average Bonchev–Trinajstić information content (AvgIpc) is 2.47. The Balaban J connectivity index is 1.92. The number of nitrogens with zero attached hydrogens (tertiary/aromatic N) is 1. The van der Waals surface area contributed by atoms with Crippen molar-refractivity contribution in [1.82, 2.24) is 4.90 Å². The molecule has 1 fully saturated rings. The second kappa shape index (κ2) is 6.61. The largest absolute Gasteiger partial charge is 0.497 e. The van der Waals surface area contributed by atoms with Crippen LogP contribution in [-0.2, 0) is 4.79 Å². The Morgan fingerprint density at radius 3 is 2.60 bits per heavy atom. The van der Waals surface area contributed by atoms with Gasteiger partial charge in [-0.15, -0.1) is 0 Å². The van der Waals surface area contributed by atoms with E-state index in [1.807, 2.05) is 0 Å². The van der Waals surface area contributed by atoms with Crippen molar-refractivity contribution in [3.05, 3.63) is 24.3 Å². The first-order valence-electron chi connectivity index (χ1n) is 6.87. The van der Waals surface area contributed by atoms with Crippen molar-refractivity contribution < 1.29 is 19.4 Å². The molecule has 0 radical (unpaired) electrons. The van der Waals surface area contributed by atoms with Crippen molar-refractivity contribution in [2.45, 2.75) is 32.0 Å². The van der Waals surface area contributed by atoms with Crippen molar-refractivity contribution in [2.24, 2.45) is 0 Å². The maximum absolute atomic E-state index is 12.2. The zero-order valence-corrected chi connectivity index (χ0v) is 11.9. The molecule has 1 saturated heterocycles. The molecular formula is C15H21NO4. The summed E-state index contributed by atoms with van der Waals surface area (Å²) in [6.45, 7) is 2.81. The Morgan fingerprint density at radius 1 is 1.35 bits per heavy atom. The van der Waals surface area contributed by atoms with E-state index in [0.717, 1.165) is 18.6 Å². The van der Waals surface area contributed by atoms with Gasteiger partial charge in [0.1, 0.15) is 11.5 Å². The van der Waals surface area contributed by atoms with Crippen molar-refractivity contribution >= 4 is 5.91 Å². The van der Waals surface area contributed by atoms with Crippen molar-refractivity contribution in [3.8, 4) is 11.5 Å². The second-order valence-electron chi connectivity index (χ2n) is 5.02. The summed E-state index contributed by atoms with van der Waals surface area (Å²) in [5, 5.41) is 9.61. The summed E-state index contributed by atoms with van der Waals surface area (Å²) >= 11 is 0. The molecule has 0 aromatic heterocycles. The standard InChI is InChI=1S/C15H21NO4/c1-11(15(18)16-9-3-4-12(17)10-16)20-14-7-5-13(19-2)6-8-14/h5-8,11-12,17H,3-4,9-10H2,1-2H3. The molecule has 1 aromatic rings. The number of hydrogen-bond donors (Lipinski definition) is 1. The second-order valence-corrected chi connectivity index (χ2v) is 5.02. The van der Waals surface area contributed by atoms with Gasteiger partial charge in [-0.05, 0) is 44.0 Å². The van der Waals surface area contributed by atoms with Gasteiger partial charge in [-0.3, -0.25) is 4.79 Å².